The molecule has 1 aliphatic rings. The second kappa shape index (κ2) is 4.66. The van der Waals surface area contributed by atoms with Gasteiger partial charge in [0.15, 0.2) is 11.5 Å². The highest BCUT2D eigenvalue weighted by Gasteiger charge is 2.38. The molecule has 19 heavy (non-hydrogen) atoms. The predicted molar refractivity (Wildman–Crippen MR) is 75.5 cm³/mol. The van der Waals surface area contributed by atoms with Crippen LogP contribution < -0.4 is 5.73 Å². The van der Waals surface area contributed by atoms with Gasteiger partial charge in [0, 0.05) is 16.8 Å². The SMILES string of the molecule is NCC1(CC(=O)c2cc3cc(Cl)ccc3o2)CCC1. The lowest BCUT2D eigenvalue weighted by molar-refractivity contribution is 0.0762. The topological polar surface area (TPSA) is 56.2 Å². The van der Waals surface area contributed by atoms with Crippen molar-refractivity contribution in [3.63, 3.8) is 0 Å². The van der Waals surface area contributed by atoms with Crippen LogP contribution in [0.2, 0.25) is 5.02 Å². The quantitative estimate of drug-likeness (QED) is 0.865. The van der Waals surface area contributed by atoms with Crippen LogP contribution in [-0.4, -0.2) is 12.3 Å². The minimum absolute atomic E-state index is 0.00764. The van der Waals surface area contributed by atoms with Gasteiger partial charge in [-0.25, -0.2) is 0 Å². The molecule has 0 atom stereocenters. The van der Waals surface area contributed by atoms with E-state index in [1.807, 2.05) is 0 Å². The molecule has 0 amide bonds. The third kappa shape index (κ3) is 2.28. The van der Waals surface area contributed by atoms with Crippen LogP contribution in [0.3, 0.4) is 0 Å². The standard InChI is InChI=1S/C15H16ClNO2/c16-11-2-3-13-10(6-11)7-14(19-13)12(18)8-15(9-17)4-1-5-15/h2-3,6-7H,1,4-5,8-9,17H2. The number of fused-ring (bicyclic) bond motifs is 1. The number of Topliss-reactive ketones (excluding diaryl/α,β-unsaturated/α-hetero) is 1. The molecule has 0 bridgehead atoms. The molecular weight excluding hydrogens is 262 g/mol. The zero-order valence-corrected chi connectivity index (χ0v) is 11.4. The summed E-state index contributed by atoms with van der Waals surface area (Å²) in [6.45, 7) is 0.574. The maximum absolute atomic E-state index is 12.3. The monoisotopic (exact) mass is 277 g/mol. The number of nitrogens with two attached hydrogens (primary N) is 1. The molecule has 4 heteroatoms. The van der Waals surface area contributed by atoms with E-state index in [4.69, 9.17) is 21.8 Å². The Labute approximate surface area is 116 Å². The van der Waals surface area contributed by atoms with Crippen LogP contribution in [0.25, 0.3) is 11.0 Å². The Kier molecular flexibility index (Phi) is 3.11. The fraction of sp³-hybridized carbons (Fsp3) is 0.400. The van der Waals surface area contributed by atoms with Crippen LogP contribution >= 0.6 is 11.6 Å². The summed E-state index contributed by atoms with van der Waals surface area (Å²) in [5.74, 6) is 0.453. The Morgan fingerprint density at radius 1 is 1.37 bits per heavy atom. The van der Waals surface area contributed by atoms with Crippen molar-refractivity contribution in [2.24, 2.45) is 11.1 Å². The number of carbonyl (C=O) groups excluding carboxylic acids is 1. The minimum atomic E-state index is 0.00764. The molecule has 0 radical (unpaired) electrons. The average Bonchev–Trinajstić information content (AvgIpc) is 2.76. The number of benzene rings is 1. The highest BCUT2D eigenvalue weighted by Crippen LogP contribution is 2.43. The summed E-state index contributed by atoms with van der Waals surface area (Å²) in [7, 11) is 0. The van der Waals surface area contributed by atoms with Crippen molar-refractivity contribution in [1.82, 2.24) is 0 Å². The van der Waals surface area contributed by atoms with Crippen LogP contribution in [0.5, 0.6) is 0 Å². The number of hydrogen-bond acceptors (Lipinski definition) is 3. The molecule has 0 aliphatic heterocycles. The molecule has 2 aromatic rings. The molecule has 1 fully saturated rings. The van der Waals surface area contributed by atoms with Gasteiger partial charge < -0.3 is 10.2 Å². The lowest BCUT2D eigenvalue weighted by atomic mass is 9.66. The molecule has 1 heterocycles. The summed E-state index contributed by atoms with van der Waals surface area (Å²) in [5, 5.41) is 1.51. The largest absolute Gasteiger partial charge is 0.453 e. The Morgan fingerprint density at radius 3 is 2.79 bits per heavy atom. The van der Waals surface area contributed by atoms with E-state index in [0.29, 0.717) is 29.3 Å². The molecular formula is C15H16ClNO2. The van der Waals surface area contributed by atoms with E-state index in [2.05, 4.69) is 0 Å². The molecule has 0 unspecified atom stereocenters. The van der Waals surface area contributed by atoms with Crippen molar-refractivity contribution in [3.8, 4) is 0 Å². The van der Waals surface area contributed by atoms with Gasteiger partial charge in [-0.05, 0) is 49.1 Å². The van der Waals surface area contributed by atoms with E-state index in [1.54, 1.807) is 24.3 Å². The third-order valence-electron chi connectivity index (χ3n) is 4.14. The first-order chi connectivity index (χ1) is 9.12. The van der Waals surface area contributed by atoms with Crippen LogP contribution in [0.15, 0.2) is 28.7 Å². The zero-order chi connectivity index (χ0) is 13.5. The first kappa shape index (κ1) is 12.7. The summed E-state index contributed by atoms with van der Waals surface area (Å²) >= 11 is 5.92. The van der Waals surface area contributed by atoms with Gasteiger partial charge in [-0.2, -0.15) is 0 Å². The number of carbonyl (C=O) groups is 1. The van der Waals surface area contributed by atoms with E-state index in [1.165, 1.54) is 6.42 Å². The van der Waals surface area contributed by atoms with Gasteiger partial charge in [0.05, 0.1) is 0 Å². The number of halogens is 1. The van der Waals surface area contributed by atoms with Crippen molar-refractivity contribution in [2.45, 2.75) is 25.7 Å². The maximum atomic E-state index is 12.3. The molecule has 1 saturated carbocycles. The van der Waals surface area contributed by atoms with E-state index < -0.39 is 0 Å². The van der Waals surface area contributed by atoms with Crippen LogP contribution in [-0.2, 0) is 0 Å². The molecule has 1 aromatic carbocycles. The van der Waals surface area contributed by atoms with Crippen molar-refractivity contribution in [2.75, 3.05) is 6.54 Å². The molecule has 3 nitrogen and oxygen atoms in total. The van der Waals surface area contributed by atoms with Gasteiger partial charge >= 0.3 is 0 Å². The number of ketones is 1. The van der Waals surface area contributed by atoms with Crippen molar-refractivity contribution in [3.05, 3.63) is 35.0 Å². The minimum Gasteiger partial charge on any atom is -0.453 e. The number of rotatable bonds is 4. The van der Waals surface area contributed by atoms with Crippen molar-refractivity contribution in [1.29, 1.82) is 0 Å². The lowest BCUT2D eigenvalue weighted by Crippen LogP contribution is -2.39. The summed E-state index contributed by atoms with van der Waals surface area (Å²) in [5.41, 5.74) is 6.49. The highest BCUT2D eigenvalue weighted by atomic mass is 35.5. The molecule has 1 aromatic heterocycles. The third-order valence-corrected chi connectivity index (χ3v) is 4.37. The van der Waals surface area contributed by atoms with Gasteiger partial charge in [0.1, 0.15) is 5.58 Å². The first-order valence-electron chi connectivity index (χ1n) is 6.54. The second-order valence-corrected chi connectivity index (χ2v) is 5.89. The highest BCUT2D eigenvalue weighted by molar-refractivity contribution is 6.31. The van der Waals surface area contributed by atoms with Gasteiger partial charge in [0.2, 0.25) is 0 Å². The maximum Gasteiger partial charge on any atom is 0.198 e. The Balaban J connectivity index is 1.85. The fourth-order valence-electron chi connectivity index (χ4n) is 2.71. The van der Waals surface area contributed by atoms with Crippen LogP contribution in [0, 0.1) is 5.41 Å². The van der Waals surface area contributed by atoms with Gasteiger partial charge in [-0.1, -0.05) is 18.0 Å². The van der Waals surface area contributed by atoms with Gasteiger partial charge in [-0.3, -0.25) is 4.79 Å². The van der Waals surface area contributed by atoms with E-state index in [-0.39, 0.29) is 11.2 Å². The smallest absolute Gasteiger partial charge is 0.198 e. The lowest BCUT2D eigenvalue weighted by Gasteiger charge is -2.40. The Hall–Kier alpha value is -1.32. The molecule has 3 rings (SSSR count). The Bertz CT molecular complexity index is 623. The first-order valence-corrected chi connectivity index (χ1v) is 6.92. The number of hydrogen-bond donors (Lipinski definition) is 1. The molecule has 100 valence electrons. The van der Waals surface area contributed by atoms with Crippen LogP contribution in [0.4, 0.5) is 0 Å². The number of furan rings is 1. The predicted octanol–water partition coefficient (Wildman–Crippen LogP) is 3.79. The van der Waals surface area contributed by atoms with E-state index >= 15 is 0 Å². The second-order valence-electron chi connectivity index (χ2n) is 5.45. The zero-order valence-electron chi connectivity index (χ0n) is 10.6. The average molecular weight is 278 g/mol. The molecule has 0 spiro atoms. The summed E-state index contributed by atoms with van der Waals surface area (Å²) in [6, 6.07) is 7.12. The normalized spacial score (nSPS) is 17.4. The molecule has 2 N–H and O–H groups in total. The molecule has 0 saturated heterocycles. The Morgan fingerprint density at radius 2 is 2.16 bits per heavy atom. The van der Waals surface area contributed by atoms with Crippen molar-refractivity contribution >= 4 is 28.4 Å². The fourth-order valence-corrected chi connectivity index (χ4v) is 2.89. The molecule has 1 aliphatic carbocycles. The summed E-state index contributed by atoms with van der Waals surface area (Å²) in [6.07, 6.45) is 3.74. The van der Waals surface area contributed by atoms with Gasteiger partial charge in [-0.15, -0.1) is 0 Å². The van der Waals surface area contributed by atoms with Crippen LogP contribution in [0.1, 0.15) is 36.2 Å². The van der Waals surface area contributed by atoms with Gasteiger partial charge in [0.25, 0.3) is 0 Å². The summed E-state index contributed by atoms with van der Waals surface area (Å²) in [4.78, 5) is 12.3. The van der Waals surface area contributed by atoms with Crippen molar-refractivity contribution < 1.29 is 9.21 Å². The summed E-state index contributed by atoms with van der Waals surface area (Å²) < 4.78 is 5.59. The van der Waals surface area contributed by atoms with E-state index in [0.717, 1.165) is 18.2 Å². The van der Waals surface area contributed by atoms with E-state index in [9.17, 15) is 4.79 Å².